The second-order valence-electron chi connectivity index (χ2n) is 3.35. The number of aryl methyl sites for hydroxylation is 3. The van der Waals surface area contributed by atoms with Gasteiger partial charge in [-0.2, -0.15) is 0 Å². The summed E-state index contributed by atoms with van der Waals surface area (Å²) < 4.78 is 0. The summed E-state index contributed by atoms with van der Waals surface area (Å²) in [6.07, 6.45) is 3.01. The van der Waals surface area contributed by atoms with E-state index in [0.29, 0.717) is 0 Å². The van der Waals surface area contributed by atoms with Gasteiger partial charge in [0.15, 0.2) is 0 Å². The van der Waals surface area contributed by atoms with Crippen molar-refractivity contribution in [2.75, 3.05) is 0 Å². The van der Waals surface area contributed by atoms with E-state index in [0.717, 1.165) is 24.9 Å². The quantitative estimate of drug-likeness (QED) is 0.675. The standard InChI is InChI=1S/C12H18N/c1-4-9-7-10(5-2)12(13)11(6-3)8-9/h7-8,13H,4-6H2,1-3H3. The maximum atomic E-state index is 7.92. The molecule has 0 aliphatic heterocycles. The molecule has 1 heteroatoms. The molecule has 0 saturated carbocycles. The van der Waals surface area contributed by atoms with E-state index in [1.54, 1.807) is 0 Å². The van der Waals surface area contributed by atoms with E-state index in [4.69, 9.17) is 5.73 Å². The average Bonchev–Trinajstić information content (AvgIpc) is 2.18. The molecule has 71 valence electrons. The predicted octanol–water partition coefficient (Wildman–Crippen LogP) is 3.29. The summed E-state index contributed by atoms with van der Waals surface area (Å²) >= 11 is 0. The highest BCUT2D eigenvalue weighted by molar-refractivity contribution is 5.53. The second-order valence-corrected chi connectivity index (χ2v) is 3.35. The van der Waals surface area contributed by atoms with Gasteiger partial charge in [-0.25, -0.2) is 0 Å². The fourth-order valence-corrected chi connectivity index (χ4v) is 1.60. The molecule has 0 atom stereocenters. The summed E-state index contributed by atoms with van der Waals surface area (Å²) in [5.41, 5.74) is 12.4. The molecule has 1 aromatic carbocycles. The molecule has 1 aromatic rings. The van der Waals surface area contributed by atoms with Gasteiger partial charge >= 0.3 is 0 Å². The first-order valence-electron chi connectivity index (χ1n) is 5.09. The second kappa shape index (κ2) is 4.31. The highest BCUT2D eigenvalue weighted by Gasteiger charge is 2.04. The number of rotatable bonds is 3. The highest BCUT2D eigenvalue weighted by Crippen LogP contribution is 2.23. The Morgan fingerprint density at radius 1 is 0.923 bits per heavy atom. The molecule has 0 spiro atoms. The Bertz CT molecular complexity index is 264. The lowest BCUT2D eigenvalue weighted by Crippen LogP contribution is -1.94. The van der Waals surface area contributed by atoms with Crippen LogP contribution < -0.4 is 5.73 Å². The SMILES string of the molecule is CCc1cc(CC)c([NH])c(CC)c1. The third kappa shape index (κ3) is 2.03. The largest absolute Gasteiger partial charge is 0.300 e. The molecule has 13 heavy (non-hydrogen) atoms. The molecular formula is C12H18N. The molecule has 0 aliphatic carbocycles. The number of hydrogen-bond donors (Lipinski definition) is 0. The monoisotopic (exact) mass is 176 g/mol. The van der Waals surface area contributed by atoms with Gasteiger partial charge in [0.1, 0.15) is 0 Å². The highest BCUT2D eigenvalue weighted by atomic mass is 14.6. The minimum atomic E-state index is 0.752. The van der Waals surface area contributed by atoms with Gasteiger partial charge in [-0.1, -0.05) is 32.9 Å². The fraction of sp³-hybridized carbons (Fsp3) is 0.500. The third-order valence-corrected chi connectivity index (χ3v) is 2.53. The molecule has 0 bridgehead atoms. The number of hydrogen-bond acceptors (Lipinski definition) is 0. The predicted molar refractivity (Wildman–Crippen MR) is 57.3 cm³/mol. The van der Waals surface area contributed by atoms with Gasteiger partial charge in [-0.05, 0) is 36.0 Å². The zero-order chi connectivity index (χ0) is 9.84. The van der Waals surface area contributed by atoms with Crippen LogP contribution in [-0.4, -0.2) is 0 Å². The maximum absolute atomic E-state index is 7.92. The minimum Gasteiger partial charge on any atom is -0.300 e. The van der Waals surface area contributed by atoms with Gasteiger partial charge in [0, 0.05) is 0 Å². The molecule has 0 fully saturated rings. The van der Waals surface area contributed by atoms with Crippen LogP contribution >= 0.6 is 0 Å². The van der Waals surface area contributed by atoms with E-state index < -0.39 is 0 Å². The molecule has 1 nitrogen and oxygen atoms in total. The van der Waals surface area contributed by atoms with Crippen LogP contribution in [0.1, 0.15) is 37.5 Å². The first-order valence-corrected chi connectivity index (χ1v) is 5.09. The summed E-state index contributed by atoms with van der Waals surface area (Å²) in [5, 5.41) is 0. The Morgan fingerprint density at radius 3 is 1.69 bits per heavy atom. The van der Waals surface area contributed by atoms with E-state index >= 15 is 0 Å². The zero-order valence-corrected chi connectivity index (χ0v) is 8.78. The van der Waals surface area contributed by atoms with Gasteiger partial charge in [0.2, 0.25) is 0 Å². The summed E-state index contributed by atoms with van der Waals surface area (Å²) in [5.74, 6) is 0. The van der Waals surface area contributed by atoms with Crippen molar-refractivity contribution in [3.8, 4) is 0 Å². The maximum Gasteiger partial charge on any atom is 0.0603 e. The van der Waals surface area contributed by atoms with E-state index in [-0.39, 0.29) is 0 Å². The van der Waals surface area contributed by atoms with Crippen LogP contribution in [0.3, 0.4) is 0 Å². The molecule has 0 aromatic heterocycles. The van der Waals surface area contributed by atoms with Gasteiger partial charge in [-0.3, -0.25) is 0 Å². The van der Waals surface area contributed by atoms with Crippen molar-refractivity contribution in [1.82, 2.24) is 5.73 Å². The van der Waals surface area contributed by atoms with Crippen LogP contribution in [0.25, 0.3) is 0 Å². The van der Waals surface area contributed by atoms with Gasteiger partial charge in [-0.15, -0.1) is 0 Å². The van der Waals surface area contributed by atoms with Crippen molar-refractivity contribution in [1.29, 1.82) is 0 Å². The summed E-state index contributed by atoms with van der Waals surface area (Å²) in [4.78, 5) is 0. The lowest BCUT2D eigenvalue weighted by molar-refractivity contribution is 1.03. The van der Waals surface area contributed by atoms with Gasteiger partial charge in [0.25, 0.3) is 0 Å². The first-order chi connectivity index (χ1) is 6.22. The smallest absolute Gasteiger partial charge is 0.0603 e. The normalized spacial score (nSPS) is 10.4. The molecule has 1 radical (unpaired) electrons. The van der Waals surface area contributed by atoms with Crippen LogP contribution in [0, 0.1) is 0 Å². The number of benzene rings is 1. The van der Waals surface area contributed by atoms with E-state index in [9.17, 15) is 0 Å². The van der Waals surface area contributed by atoms with Crippen molar-refractivity contribution in [3.63, 3.8) is 0 Å². The van der Waals surface area contributed by atoms with Gasteiger partial charge < -0.3 is 5.73 Å². The zero-order valence-electron chi connectivity index (χ0n) is 8.78. The Morgan fingerprint density at radius 2 is 1.38 bits per heavy atom. The molecule has 0 amide bonds. The average molecular weight is 176 g/mol. The molecular weight excluding hydrogens is 158 g/mol. The Hall–Kier alpha value is -0.980. The van der Waals surface area contributed by atoms with Crippen molar-refractivity contribution < 1.29 is 0 Å². The topological polar surface area (TPSA) is 23.8 Å². The molecule has 1 rings (SSSR count). The minimum absolute atomic E-state index is 0.752. The van der Waals surface area contributed by atoms with E-state index in [2.05, 4.69) is 32.9 Å². The van der Waals surface area contributed by atoms with E-state index in [1.165, 1.54) is 16.7 Å². The lowest BCUT2D eigenvalue weighted by Gasteiger charge is -2.10. The van der Waals surface area contributed by atoms with Crippen molar-refractivity contribution in [3.05, 3.63) is 28.8 Å². The summed E-state index contributed by atoms with van der Waals surface area (Å²) in [7, 11) is 0. The molecule has 0 saturated heterocycles. The van der Waals surface area contributed by atoms with Crippen LogP contribution in [-0.2, 0) is 19.3 Å². The van der Waals surface area contributed by atoms with Crippen molar-refractivity contribution in [2.45, 2.75) is 40.0 Å². The van der Waals surface area contributed by atoms with Crippen LogP contribution in [0.15, 0.2) is 12.1 Å². The van der Waals surface area contributed by atoms with E-state index in [1.807, 2.05) is 0 Å². The first kappa shape index (κ1) is 10.1. The van der Waals surface area contributed by atoms with Crippen molar-refractivity contribution in [2.24, 2.45) is 0 Å². The Kier molecular flexibility index (Phi) is 3.35. The molecule has 0 aliphatic rings. The molecule has 0 heterocycles. The van der Waals surface area contributed by atoms with Crippen LogP contribution in [0.2, 0.25) is 0 Å². The fourth-order valence-electron chi connectivity index (χ4n) is 1.60. The molecule has 0 unspecified atom stereocenters. The molecule has 1 N–H and O–H groups in total. The lowest BCUT2D eigenvalue weighted by atomic mass is 9.98. The third-order valence-electron chi connectivity index (χ3n) is 2.53. The Balaban J connectivity index is 3.20. The summed E-state index contributed by atoms with van der Waals surface area (Å²) in [6.45, 7) is 6.40. The van der Waals surface area contributed by atoms with Gasteiger partial charge in [0.05, 0.1) is 5.69 Å². The summed E-state index contributed by atoms with van der Waals surface area (Å²) in [6, 6.07) is 4.34. The number of nitrogens with one attached hydrogen (secondary N) is 1. The Labute approximate surface area is 81.0 Å². The van der Waals surface area contributed by atoms with Crippen LogP contribution in [0.4, 0.5) is 5.69 Å². The van der Waals surface area contributed by atoms with Crippen LogP contribution in [0.5, 0.6) is 0 Å². The van der Waals surface area contributed by atoms with Crippen molar-refractivity contribution >= 4 is 5.69 Å².